The van der Waals surface area contributed by atoms with Crippen LogP contribution in [0.2, 0.25) is 0 Å². The second-order valence-corrected chi connectivity index (χ2v) is 6.58. The summed E-state index contributed by atoms with van der Waals surface area (Å²) in [5.41, 5.74) is 3.77. The zero-order valence-corrected chi connectivity index (χ0v) is 15.2. The van der Waals surface area contributed by atoms with Gasteiger partial charge in [-0.1, -0.05) is 30.3 Å². The molecular formula is C18H25N5O3. The lowest BCUT2D eigenvalue weighted by Crippen LogP contribution is -2.48. The van der Waals surface area contributed by atoms with Crippen molar-refractivity contribution in [3.63, 3.8) is 0 Å². The molecule has 2 aliphatic heterocycles. The number of nitrogens with zero attached hydrogens (tertiary/aromatic N) is 4. The molecule has 0 spiro atoms. The SMILES string of the molecule is CN(C)C(=O)C(c1ccccc1)N1C=CN(OC(=O)N2CCCCC2)N1. The molecular weight excluding hydrogens is 334 g/mol. The minimum absolute atomic E-state index is 0.0856. The summed E-state index contributed by atoms with van der Waals surface area (Å²) in [7, 11) is 3.43. The van der Waals surface area contributed by atoms with E-state index in [1.165, 1.54) is 10.1 Å². The van der Waals surface area contributed by atoms with Crippen molar-refractivity contribution in [3.05, 3.63) is 48.3 Å². The van der Waals surface area contributed by atoms with Crippen molar-refractivity contribution in [1.29, 1.82) is 0 Å². The fraction of sp³-hybridized carbons (Fsp3) is 0.444. The maximum atomic E-state index is 12.7. The van der Waals surface area contributed by atoms with Crippen LogP contribution in [0.15, 0.2) is 42.7 Å². The largest absolute Gasteiger partial charge is 0.435 e. The standard InChI is InChI=1S/C18H25N5O3/c1-20(2)17(24)16(15-9-5-3-6-10-15)22-13-14-23(19-22)26-18(25)21-11-7-4-8-12-21/h3,5-6,9-10,13-14,16,19H,4,7-8,11-12H2,1-2H3. The van der Waals surface area contributed by atoms with Crippen molar-refractivity contribution >= 4 is 12.0 Å². The van der Waals surface area contributed by atoms with Crippen LogP contribution in [0.4, 0.5) is 4.79 Å². The number of amides is 2. The van der Waals surface area contributed by atoms with Crippen LogP contribution in [0.1, 0.15) is 30.9 Å². The van der Waals surface area contributed by atoms with E-state index in [1.807, 2.05) is 30.3 Å². The summed E-state index contributed by atoms with van der Waals surface area (Å²) in [6, 6.07) is 8.90. The average Bonchev–Trinajstić information content (AvgIpc) is 3.11. The quantitative estimate of drug-likeness (QED) is 0.885. The van der Waals surface area contributed by atoms with Crippen molar-refractivity contribution in [3.8, 4) is 0 Å². The number of benzene rings is 1. The van der Waals surface area contributed by atoms with E-state index in [0.29, 0.717) is 13.1 Å². The summed E-state index contributed by atoms with van der Waals surface area (Å²) < 4.78 is 0. The third kappa shape index (κ3) is 4.08. The van der Waals surface area contributed by atoms with Crippen molar-refractivity contribution < 1.29 is 14.4 Å². The molecule has 0 radical (unpaired) electrons. The van der Waals surface area contributed by atoms with Gasteiger partial charge in [0.05, 0.1) is 6.20 Å². The van der Waals surface area contributed by atoms with Crippen LogP contribution in [-0.2, 0) is 9.63 Å². The van der Waals surface area contributed by atoms with E-state index >= 15 is 0 Å². The van der Waals surface area contributed by atoms with Crippen LogP contribution in [0.25, 0.3) is 0 Å². The van der Waals surface area contributed by atoms with Gasteiger partial charge in [0.2, 0.25) is 0 Å². The smallest absolute Gasteiger partial charge is 0.347 e. The minimum atomic E-state index is -0.568. The van der Waals surface area contributed by atoms with E-state index in [4.69, 9.17) is 4.84 Å². The highest BCUT2D eigenvalue weighted by molar-refractivity contribution is 5.83. The first-order chi connectivity index (χ1) is 12.6. The van der Waals surface area contributed by atoms with Gasteiger partial charge in [-0.15, -0.1) is 10.7 Å². The Morgan fingerprint density at radius 3 is 2.42 bits per heavy atom. The maximum absolute atomic E-state index is 12.7. The van der Waals surface area contributed by atoms with E-state index in [9.17, 15) is 9.59 Å². The molecule has 2 heterocycles. The van der Waals surface area contributed by atoms with Crippen molar-refractivity contribution in [2.45, 2.75) is 25.3 Å². The predicted octanol–water partition coefficient (Wildman–Crippen LogP) is 1.86. The van der Waals surface area contributed by atoms with Gasteiger partial charge in [-0.05, 0) is 24.8 Å². The number of rotatable bonds is 4. The normalized spacial score (nSPS) is 18.0. The summed E-state index contributed by atoms with van der Waals surface area (Å²) >= 11 is 0. The van der Waals surface area contributed by atoms with Crippen LogP contribution in [0.5, 0.6) is 0 Å². The number of carbonyl (C=O) groups is 2. The zero-order valence-electron chi connectivity index (χ0n) is 15.2. The highest BCUT2D eigenvalue weighted by Gasteiger charge is 2.32. The molecule has 26 heavy (non-hydrogen) atoms. The molecule has 1 aromatic rings. The highest BCUT2D eigenvalue weighted by Crippen LogP contribution is 2.24. The molecule has 1 fully saturated rings. The minimum Gasteiger partial charge on any atom is -0.347 e. The monoisotopic (exact) mass is 359 g/mol. The molecule has 2 amide bonds. The third-order valence-corrected chi connectivity index (χ3v) is 4.44. The fourth-order valence-electron chi connectivity index (χ4n) is 3.03. The Bertz CT molecular complexity index is 658. The number of hydrogen-bond acceptors (Lipinski definition) is 6. The predicted molar refractivity (Wildman–Crippen MR) is 95.7 cm³/mol. The lowest BCUT2D eigenvalue weighted by molar-refractivity contribution is -0.153. The van der Waals surface area contributed by atoms with Gasteiger partial charge in [0.25, 0.3) is 5.91 Å². The molecule has 8 heteroatoms. The van der Waals surface area contributed by atoms with Gasteiger partial charge in [-0.25, -0.2) is 4.79 Å². The second-order valence-electron chi connectivity index (χ2n) is 6.58. The number of carbonyl (C=O) groups excluding carboxylic acids is 2. The van der Waals surface area contributed by atoms with E-state index in [2.05, 4.69) is 5.53 Å². The maximum Gasteiger partial charge on any atom is 0.435 e. The lowest BCUT2D eigenvalue weighted by atomic mass is 10.1. The lowest BCUT2D eigenvalue weighted by Gasteiger charge is -2.31. The third-order valence-electron chi connectivity index (χ3n) is 4.44. The van der Waals surface area contributed by atoms with Gasteiger partial charge in [0, 0.05) is 33.4 Å². The molecule has 1 N–H and O–H groups in total. The highest BCUT2D eigenvalue weighted by atomic mass is 16.8. The average molecular weight is 359 g/mol. The number of hydrazine groups is 2. The molecule has 1 aromatic carbocycles. The summed E-state index contributed by atoms with van der Waals surface area (Å²) in [4.78, 5) is 33.5. The van der Waals surface area contributed by atoms with Gasteiger partial charge in [0.15, 0.2) is 6.04 Å². The fourth-order valence-corrected chi connectivity index (χ4v) is 3.03. The number of likely N-dealkylation sites (N-methyl/N-ethyl adjacent to an activating group) is 1. The van der Waals surface area contributed by atoms with Crippen molar-refractivity contribution in [2.24, 2.45) is 0 Å². The Balaban J connectivity index is 1.66. The summed E-state index contributed by atoms with van der Waals surface area (Å²) in [5.74, 6) is -0.0856. The number of hydrogen-bond donors (Lipinski definition) is 1. The van der Waals surface area contributed by atoms with Crippen molar-refractivity contribution in [2.75, 3.05) is 27.2 Å². The number of hydroxylamine groups is 1. The molecule has 2 aliphatic rings. The molecule has 0 aliphatic carbocycles. The van der Waals surface area contributed by atoms with Gasteiger partial charge in [-0.2, -0.15) is 0 Å². The van der Waals surface area contributed by atoms with Crippen LogP contribution >= 0.6 is 0 Å². The molecule has 140 valence electrons. The first kappa shape index (κ1) is 18.1. The van der Waals surface area contributed by atoms with E-state index in [0.717, 1.165) is 24.8 Å². The Morgan fingerprint density at radius 1 is 1.08 bits per heavy atom. The Hall–Kier alpha value is -2.74. The Morgan fingerprint density at radius 2 is 1.77 bits per heavy atom. The number of likely N-dealkylation sites (tertiary alicyclic amines) is 1. The topological polar surface area (TPSA) is 68.4 Å². The van der Waals surface area contributed by atoms with E-state index in [-0.39, 0.29) is 12.0 Å². The van der Waals surface area contributed by atoms with Crippen molar-refractivity contribution in [1.82, 2.24) is 25.5 Å². The molecule has 0 saturated carbocycles. The van der Waals surface area contributed by atoms with Crippen LogP contribution in [0.3, 0.4) is 0 Å². The summed E-state index contributed by atoms with van der Waals surface area (Å²) in [6.45, 7) is 1.43. The zero-order chi connectivity index (χ0) is 18.5. The van der Waals surface area contributed by atoms with Gasteiger partial charge < -0.3 is 14.6 Å². The molecule has 0 bridgehead atoms. The van der Waals surface area contributed by atoms with Gasteiger partial charge >= 0.3 is 6.09 Å². The molecule has 3 rings (SSSR count). The first-order valence-electron chi connectivity index (χ1n) is 8.81. The Labute approximate surface area is 153 Å². The molecule has 1 unspecified atom stereocenters. The van der Waals surface area contributed by atoms with E-state index < -0.39 is 6.04 Å². The molecule has 1 saturated heterocycles. The molecule has 8 nitrogen and oxygen atoms in total. The van der Waals surface area contributed by atoms with Gasteiger partial charge in [-0.3, -0.25) is 9.80 Å². The van der Waals surface area contributed by atoms with Crippen LogP contribution in [0, 0.1) is 0 Å². The summed E-state index contributed by atoms with van der Waals surface area (Å²) in [5, 5.41) is 2.86. The van der Waals surface area contributed by atoms with Gasteiger partial charge in [0.1, 0.15) is 0 Å². The number of piperidine rings is 1. The van der Waals surface area contributed by atoms with Crippen LogP contribution in [-0.4, -0.2) is 59.2 Å². The first-order valence-corrected chi connectivity index (χ1v) is 8.81. The Kier molecular flexibility index (Phi) is 5.62. The number of nitrogens with one attached hydrogen (secondary N) is 1. The summed E-state index contributed by atoms with van der Waals surface area (Å²) in [6.07, 6.45) is 6.02. The van der Waals surface area contributed by atoms with Crippen LogP contribution < -0.4 is 5.53 Å². The molecule has 0 aromatic heterocycles. The molecule has 1 atom stereocenters. The van der Waals surface area contributed by atoms with E-state index in [1.54, 1.807) is 36.4 Å². The second kappa shape index (κ2) is 8.09.